The Morgan fingerprint density at radius 1 is 1.37 bits per heavy atom. The minimum Gasteiger partial charge on any atom is -0.351 e. The van der Waals surface area contributed by atoms with Gasteiger partial charge in [0.1, 0.15) is 11.9 Å². The summed E-state index contributed by atoms with van der Waals surface area (Å²) in [7, 11) is 1.86. The molecule has 5 rings (SSSR count). The zero-order chi connectivity index (χ0) is 20.8. The highest BCUT2D eigenvalue weighted by atomic mass is 32.2. The third-order valence-corrected chi connectivity index (χ3v) is 6.35. The Balaban J connectivity index is 1.56. The van der Waals surface area contributed by atoms with Gasteiger partial charge in [-0.05, 0) is 37.1 Å². The molecule has 1 aliphatic rings. The van der Waals surface area contributed by atoms with Gasteiger partial charge in [0.2, 0.25) is 5.95 Å². The Labute approximate surface area is 176 Å². The molecule has 1 N–H and O–H groups in total. The molecule has 0 unspecified atom stereocenters. The maximum absolute atomic E-state index is 14.5. The monoisotopic (exact) mass is 419 g/mol. The van der Waals surface area contributed by atoms with Crippen LogP contribution in [0.4, 0.5) is 10.3 Å². The number of aromatic nitrogens is 5. The van der Waals surface area contributed by atoms with Crippen LogP contribution in [-0.2, 0) is 20.0 Å². The molecule has 30 heavy (non-hydrogen) atoms. The number of rotatable bonds is 4. The van der Waals surface area contributed by atoms with E-state index in [0.29, 0.717) is 23.7 Å². The SMILES string of the molecule is Cc1cc(-c2cnc(NCc3c(F)ccc4c3CCS4)n3cc(C#N)nc23)n(C)n1. The summed E-state index contributed by atoms with van der Waals surface area (Å²) < 4.78 is 18.0. The Kier molecular flexibility index (Phi) is 4.44. The molecule has 0 amide bonds. The van der Waals surface area contributed by atoms with Crippen LogP contribution in [0.1, 0.15) is 22.5 Å². The first-order valence-electron chi connectivity index (χ1n) is 9.51. The van der Waals surface area contributed by atoms with Gasteiger partial charge < -0.3 is 5.32 Å². The molecule has 9 heteroatoms. The quantitative estimate of drug-likeness (QED) is 0.543. The van der Waals surface area contributed by atoms with E-state index in [1.165, 1.54) is 6.07 Å². The molecule has 0 saturated heterocycles. The first kappa shape index (κ1) is 18.6. The molecule has 4 heterocycles. The van der Waals surface area contributed by atoms with E-state index in [4.69, 9.17) is 0 Å². The summed E-state index contributed by atoms with van der Waals surface area (Å²) in [5.41, 5.74) is 5.12. The Morgan fingerprint density at radius 3 is 3.00 bits per heavy atom. The third-order valence-electron chi connectivity index (χ3n) is 5.25. The molecular weight excluding hydrogens is 401 g/mol. The number of hydrogen-bond donors (Lipinski definition) is 1. The lowest BCUT2D eigenvalue weighted by Crippen LogP contribution is -2.10. The molecular formula is C21H18FN7S. The number of fused-ring (bicyclic) bond motifs is 2. The molecule has 3 aromatic heterocycles. The average molecular weight is 419 g/mol. The molecule has 4 aromatic rings. The second-order valence-corrected chi connectivity index (χ2v) is 8.31. The predicted molar refractivity (Wildman–Crippen MR) is 113 cm³/mol. The van der Waals surface area contributed by atoms with Crippen LogP contribution in [0.5, 0.6) is 0 Å². The molecule has 0 fully saturated rings. The second-order valence-electron chi connectivity index (χ2n) is 7.18. The van der Waals surface area contributed by atoms with Crippen LogP contribution in [0, 0.1) is 24.1 Å². The number of benzene rings is 1. The molecule has 0 aliphatic carbocycles. The molecule has 0 bridgehead atoms. The van der Waals surface area contributed by atoms with E-state index in [9.17, 15) is 9.65 Å². The van der Waals surface area contributed by atoms with Gasteiger partial charge in [-0.2, -0.15) is 10.4 Å². The van der Waals surface area contributed by atoms with Crippen molar-refractivity contribution in [1.82, 2.24) is 24.1 Å². The maximum Gasteiger partial charge on any atom is 0.208 e. The van der Waals surface area contributed by atoms with E-state index in [-0.39, 0.29) is 11.5 Å². The third kappa shape index (κ3) is 3.00. The van der Waals surface area contributed by atoms with Crippen molar-refractivity contribution in [2.24, 2.45) is 7.05 Å². The standard InChI is InChI=1S/C21H18FN7S/c1-12-7-18(28(2)27-12)16-10-25-21(29-11-13(8-23)26-20(16)29)24-9-15-14-5-6-30-19(14)4-3-17(15)22/h3-4,7,10-11H,5-6,9H2,1-2H3,(H,24,25). The smallest absolute Gasteiger partial charge is 0.208 e. The molecule has 1 aromatic carbocycles. The van der Waals surface area contributed by atoms with E-state index in [1.807, 2.05) is 26.1 Å². The minimum atomic E-state index is -0.217. The first-order chi connectivity index (χ1) is 14.5. The van der Waals surface area contributed by atoms with Crippen LogP contribution >= 0.6 is 11.8 Å². The summed E-state index contributed by atoms with van der Waals surface area (Å²) in [6.45, 7) is 2.23. The van der Waals surface area contributed by atoms with Gasteiger partial charge in [0.25, 0.3) is 0 Å². The molecule has 0 saturated carbocycles. The van der Waals surface area contributed by atoms with Gasteiger partial charge in [0.15, 0.2) is 11.3 Å². The van der Waals surface area contributed by atoms with E-state index >= 15 is 0 Å². The average Bonchev–Trinajstić information content (AvgIpc) is 3.45. The van der Waals surface area contributed by atoms with Gasteiger partial charge in [-0.1, -0.05) is 0 Å². The summed E-state index contributed by atoms with van der Waals surface area (Å²) >= 11 is 1.75. The van der Waals surface area contributed by atoms with E-state index in [0.717, 1.165) is 39.6 Å². The molecule has 7 nitrogen and oxygen atoms in total. The fourth-order valence-electron chi connectivity index (χ4n) is 3.88. The molecule has 0 spiro atoms. The second kappa shape index (κ2) is 7.15. The Hall–Kier alpha value is -3.38. The van der Waals surface area contributed by atoms with Crippen LogP contribution in [0.2, 0.25) is 0 Å². The summed E-state index contributed by atoms with van der Waals surface area (Å²) in [6, 6.07) is 7.41. The van der Waals surface area contributed by atoms with Crippen LogP contribution in [0.15, 0.2) is 35.5 Å². The number of halogens is 1. The normalized spacial score (nSPS) is 12.9. The first-order valence-corrected chi connectivity index (χ1v) is 10.5. The Bertz CT molecular complexity index is 1330. The topological polar surface area (TPSA) is 83.8 Å². The van der Waals surface area contributed by atoms with Gasteiger partial charge in [-0.15, -0.1) is 11.8 Å². The number of imidazole rings is 1. The van der Waals surface area contributed by atoms with E-state index in [1.54, 1.807) is 33.2 Å². The van der Waals surface area contributed by atoms with Crippen molar-refractivity contribution in [3.8, 4) is 17.3 Å². The minimum absolute atomic E-state index is 0.217. The van der Waals surface area contributed by atoms with E-state index < -0.39 is 0 Å². The van der Waals surface area contributed by atoms with Crippen LogP contribution < -0.4 is 5.32 Å². The molecule has 0 radical (unpaired) electrons. The summed E-state index contributed by atoms with van der Waals surface area (Å²) in [6.07, 6.45) is 4.21. The van der Waals surface area contributed by atoms with Crippen LogP contribution in [0.25, 0.3) is 16.9 Å². The molecule has 0 atom stereocenters. The highest BCUT2D eigenvalue weighted by molar-refractivity contribution is 7.99. The molecule has 1 aliphatic heterocycles. The predicted octanol–water partition coefficient (Wildman–Crippen LogP) is 3.71. The maximum atomic E-state index is 14.5. The lowest BCUT2D eigenvalue weighted by atomic mass is 10.0. The highest BCUT2D eigenvalue weighted by Gasteiger charge is 2.20. The fourth-order valence-corrected chi connectivity index (χ4v) is 4.97. The van der Waals surface area contributed by atoms with Crippen molar-refractivity contribution in [2.75, 3.05) is 11.1 Å². The van der Waals surface area contributed by atoms with Gasteiger partial charge >= 0.3 is 0 Å². The summed E-state index contributed by atoms with van der Waals surface area (Å²) in [4.78, 5) is 10.1. The summed E-state index contributed by atoms with van der Waals surface area (Å²) in [5.74, 6) is 1.26. The van der Waals surface area contributed by atoms with Gasteiger partial charge in [0, 0.05) is 36.0 Å². The number of nitrogens with zero attached hydrogens (tertiary/aromatic N) is 6. The van der Waals surface area contributed by atoms with Crippen molar-refractivity contribution in [1.29, 1.82) is 5.26 Å². The van der Waals surface area contributed by atoms with Crippen molar-refractivity contribution in [2.45, 2.75) is 24.8 Å². The van der Waals surface area contributed by atoms with Crippen molar-refractivity contribution in [3.05, 3.63) is 58.9 Å². The summed E-state index contributed by atoms with van der Waals surface area (Å²) in [5, 5.41) is 17.0. The lowest BCUT2D eigenvalue weighted by Gasteiger charge is -2.13. The van der Waals surface area contributed by atoms with Gasteiger partial charge in [0.05, 0.1) is 23.1 Å². The number of anilines is 1. The zero-order valence-electron chi connectivity index (χ0n) is 16.5. The number of hydrogen-bond acceptors (Lipinski definition) is 6. The highest BCUT2D eigenvalue weighted by Crippen LogP contribution is 2.35. The van der Waals surface area contributed by atoms with Gasteiger partial charge in [-0.25, -0.2) is 14.4 Å². The zero-order valence-corrected chi connectivity index (χ0v) is 17.3. The Morgan fingerprint density at radius 2 is 2.23 bits per heavy atom. The lowest BCUT2D eigenvalue weighted by molar-refractivity contribution is 0.607. The number of aryl methyl sites for hydroxylation is 2. The van der Waals surface area contributed by atoms with Crippen molar-refractivity contribution >= 4 is 23.4 Å². The van der Waals surface area contributed by atoms with Gasteiger partial charge in [-0.3, -0.25) is 9.08 Å². The number of thioether (sulfide) groups is 1. The van der Waals surface area contributed by atoms with E-state index in [2.05, 4.69) is 26.5 Å². The number of nitriles is 1. The largest absolute Gasteiger partial charge is 0.351 e. The number of nitrogens with one attached hydrogen (secondary N) is 1. The molecule has 150 valence electrons. The van der Waals surface area contributed by atoms with Crippen molar-refractivity contribution in [3.63, 3.8) is 0 Å². The van der Waals surface area contributed by atoms with Crippen molar-refractivity contribution < 1.29 is 4.39 Å². The van der Waals surface area contributed by atoms with Crippen LogP contribution in [0.3, 0.4) is 0 Å². The fraction of sp³-hybridized carbons (Fsp3) is 0.238. The van der Waals surface area contributed by atoms with Crippen LogP contribution in [-0.4, -0.2) is 29.9 Å².